The molecule has 0 aliphatic carbocycles. The van der Waals surface area contributed by atoms with Crippen LogP contribution in [0, 0.1) is 0 Å². The molecular formula is C11H21N3O. The van der Waals surface area contributed by atoms with E-state index in [1.54, 1.807) is 9.13 Å². The summed E-state index contributed by atoms with van der Waals surface area (Å²) in [5, 5.41) is 0. The predicted octanol–water partition coefficient (Wildman–Crippen LogP) is 1.01. The molecule has 1 aromatic heterocycles. The van der Waals surface area contributed by atoms with E-state index in [0.717, 1.165) is 32.7 Å². The fourth-order valence-electron chi connectivity index (χ4n) is 1.65. The minimum absolute atomic E-state index is 0.102. The van der Waals surface area contributed by atoms with Crippen molar-refractivity contribution >= 4 is 0 Å². The van der Waals surface area contributed by atoms with Gasteiger partial charge >= 0.3 is 5.69 Å². The summed E-state index contributed by atoms with van der Waals surface area (Å²) in [6.45, 7) is 10.8. The first kappa shape index (κ1) is 12.0. The Balaban J connectivity index is 2.57. The van der Waals surface area contributed by atoms with Gasteiger partial charge in [-0.1, -0.05) is 13.8 Å². The molecule has 86 valence electrons. The molecule has 0 atom stereocenters. The number of rotatable bonds is 6. The van der Waals surface area contributed by atoms with Crippen LogP contribution in [-0.4, -0.2) is 33.7 Å². The number of aryl methyl sites for hydroxylation is 1. The molecule has 15 heavy (non-hydrogen) atoms. The quantitative estimate of drug-likeness (QED) is 0.703. The van der Waals surface area contributed by atoms with Gasteiger partial charge in [0.1, 0.15) is 0 Å². The summed E-state index contributed by atoms with van der Waals surface area (Å²) in [5.74, 6) is 0. The van der Waals surface area contributed by atoms with Crippen LogP contribution in [0.5, 0.6) is 0 Å². The summed E-state index contributed by atoms with van der Waals surface area (Å²) in [5.41, 5.74) is 0.102. The van der Waals surface area contributed by atoms with Crippen molar-refractivity contribution in [1.29, 1.82) is 0 Å². The van der Waals surface area contributed by atoms with Crippen LogP contribution in [0.3, 0.4) is 0 Å². The van der Waals surface area contributed by atoms with Crippen LogP contribution >= 0.6 is 0 Å². The topological polar surface area (TPSA) is 30.2 Å². The molecule has 0 amide bonds. The van der Waals surface area contributed by atoms with Gasteiger partial charge in [0.15, 0.2) is 0 Å². The fourth-order valence-corrected chi connectivity index (χ4v) is 1.65. The van der Waals surface area contributed by atoms with E-state index < -0.39 is 0 Å². The van der Waals surface area contributed by atoms with Crippen LogP contribution < -0.4 is 5.69 Å². The molecule has 4 heteroatoms. The van der Waals surface area contributed by atoms with Gasteiger partial charge in [-0.15, -0.1) is 0 Å². The van der Waals surface area contributed by atoms with Crippen molar-refractivity contribution in [3.05, 3.63) is 22.9 Å². The van der Waals surface area contributed by atoms with Crippen LogP contribution in [0.2, 0.25) is 0 Å². The van der Waals surface area contributed by atoms with Crippen molar-refractivity contribution in [2.45, 2.75) is 33.9 Å². The first-order valence-corrected chi connectivity index (χ1v) is 5.70. The fraction of sp³-hybridized carbons (Fsp3) is 0.727. The van der Waals surface area contributed by atoms with E-state index in [1.165, 1.54) is 0 Å². The van der Waals surface area contributed by atoms with Gasteiger partial charge < -0.3 is 4.90 Å². The zero-order valence-electron chi connectivity index (χ0n) is 9.94. The third-order valence-corrected chi connectivity index (χ3v) is 2.81. The average molecular weight is 211 g/mol. The third-order valence-electron chi connectivity index (χ3n) is 2.81. The highest BCUT2D eigenvalue weighted by atomic mass is 16.1. The molecule has 0 bridgehead atoms. The molecule has 0 aliphatic rings. The minimum Gasteiger partial charge on any atom is -0.302 e. The van der Waals surface area contributed by atoms with E-state index in [4.69, 9.17) is 0 Å². The number of hydrogen-bond acceptors (Lipinski definition) is 2. The van der Waals surface area contributed by atoms with E-state index >= 15 is 0 Å². The molecule has 0 radical (unpaired) electrons. The molecule has 0 saturated heterocycles. The first-order valence-electron chi connectivity index (χ1n) is 5.70. The maximum Gasteiger partial charge on any atom is 0.328 e. The maximum absolute atomic E-state index is 11.7. The lowest BCUT2D eigenvalue weighted by Crippen LogP contribution is -2.31. The molecule has 0 saturated carbocycles. The lowest BCUT2D eigenvalue weighted by molar-refractivity contribution is 0.288. The van der Waals surface area contributed by atoms with Gasteiger partial charge in [-0.25, -0.2) is 4.79 Å². The largest absolute Gasteiger partial charge is 0.328 e. The van der Waals surface area contributed by atoms with Gasteiger partial charge in [0.05, 0.1) is 0 Å². The van der Waals surface area contributed by atoms with Gasteiger partial charge in [-0.05, 0) is 20.0 Å². The molecule has 4 nitrogen and oxygen atoms in total. The molecule has 1 heterocycles. The summed E-state index contributed by atoms with van der Waals surface area (Å²) in [4.78, 5) is 14.0. The molecule has 0 aliphatic heterocycles. The Labute approximate surface area is 91.1 Å². The molecular weight excluding hydrogens is 190 g/mol. The number of likely N-dealkylation sites (N-methyl/N-ethyl adjacent to an activating group) is 1. The maximum atomic E-state index is 11.7. The van der Waals surface area contributed by atoms with Crippen LogP contribution in [-0.2, 0) is 13.1 Å². The number of nitrogens with zero attached hydrogens (tertiary/aromatic N) is 3. The molecule has 0 spiro atoms. The molecule has 0 fully saturated rings. The minimum atomic E-state index is 0.102. The van der Waals surface area contributed by atoms with E-state index in [0.29, 0.717) is 0 Å². The van der Waals surface area contributed by atoms with Crippen molar-refractivity contribution in [2.24, 2.45) is 0 Å². The van der Waals surface area contributed by atoms with Gasteiger partial charge in [0.25, 0.3) is 0 Å². The average Bonchev–Trinajstić information content (AvgIpc) is 2.61. The molecule has 1 rings (SSSR count). The Bertz CT molecular complexity index is 336. The Hall–Kier alpha value is -1.03. The number of imidazole rings is 1. The van der Waals surface area contributed by atoms with E-state index in [2.05, 4.69) is 18.7 Å². The molecule has 0 aromatic carbocycles. The van der Waals surface area contributed by atoms with E-state index in [1.807, 2.05) is 19.3 Å². The van der Waals surface area contributed by atoms with E-state index in [9.17, 15) is 4.79 Å². The Morgan fingerprint density at radius 1 is 1.13 bits per heavy atom. The normalized spacial score (nSPS) is 11.2. The highest BCUT2D eigenvalue weighted by molar-refractivity contribution is 4.81. The smallest absolute Gasteiger partial charge is 0.302 e. The Morgan fingerprint density at radius 2 is 1.73 bits per heavy atom. The SMILES string of the molecule is CCN(CC)CCn1ccn(CC)c1=O. The molecule has 0 unspecified atom stereocenters. The monoisotopic (exact) mass is 211 g/mol. The van der Waals surface area contributed by atoms with Gasteiger partial charge in [-0.2, -0.15) is 0 Å². The zero-order chi connectivity index (χ0) is 11.3. The summed E-state index contributed by atoms with van der Waals surface area (Å²) >= 11 is 0. The van der Waals surface area contributed by atoms with Crippen molar-refractivity contribution in [3.8, 4) is 0 Å². The van der Waals surface area contributed by atoms with Crippen molar-refractivity contribution in [2.75, 3.05) is 19.6 Å². The summed E-state index contributed by atoms with van der Waals surface area (Å²) in [7, 11) is 0. The second-order valence-corrected chi connectivity index (χ2v) is 3.59. The first-order chi connectivity index (χ1) is 7.22. The Kier molecular flexibility index (Phi) is 4.62. The third kappa shape index (κ3) is 2.96. The van der Waals surface area contributed by atoms with Crippen LogP contribution in [0.25, 0.3) is 0 Å². The molecule has 0 N–H and O–H groups in total. The van der Waals surface area contributed by atoms with Crippen molar-refractivity contribution < 1.29 is 0 Å². The van der Waals surface area contributed by atoms with Gasteiger partial charge in [0, 0.05) is 32.0 Å². The highest BCUT2D eigenvalue weighted by Crippen LogP contribution is 1.90. The number of hydrogen-bond donors (Lipinski definition) is 0. The summed E-state index contributed by atoms with van der Waals surface area (Å²) in [6.07, 6.45) is 3.72. The lowest BCUT2D eigenvalue weighted by atomic mass is 10.4. The van der Waals surface area contributed by atoms with E-state index in [-0.39, 0.29) is 5.69 Å². The number of aromatic nitrogens is 2. The highest BCUT2D eigenvalue weighted by Gasteiger charge is 2.03. The summed E-state index contributed by atoms with van der Waals surface area (Å²) in [6, 6.07) is 0. The second kappa shape index (κ2) is 5.75. The predicted molar refractivity (Wildman–Crippen MR) is 62.2 cm³/mol. The molecule has 1 aromatic rings. The van der Waals surface area contributed by atoms with Crippen LogP contribution in [0.15, 0.2) is 17.2 Å². The van der Waals surface area contributed by atoms with Crippen LogP contribution in [0.4, 0.5) is 0 Å². The van der Waals surface area contributed by atoms with Crippen molar-refractivity contribution in [1.82, 2.24) is 14.0 Å². The standard InChI is InChI=1S/C11H21N3O/c1-4-12(5-2)7-8-14-10-9-13(6-3)11(14)15/h9-10H,4-8H2,1-3H3. The van der Waals surface area contributed by atoms with Crippen LogP contribution in [0.1, 0.15) is 20.8 Å². The second-order valence-electron chi connectivity index (χ2n) is 3.59. The summed E-state index contributed by atoms with van der Waals surface area (Å²) < 4.78 is 3.50. The van der Waals surface area contributed by atoms with Crippen molar-refractivity contribution in [3.63, 3.8) is 0 Å². The lowest BCUT2D eigenvalue weighted by Gasteiger charge is -2.17. The van der Waals surface area contributed by atoms with Gasteiger partial charge in [0.2, 0.25) is 0 Å². The van der Waals surface area contributed by atoms with Gasteiger partial charge in [-0.3, -0.25) is 9.13 Å². The Morgan fingerprint density at radius 3 is 2.20 bits per heavy atom. The zero-order valence-corrected chi connectivity index (χ0v) is 9.94.